The predicted molar refractivity (Wildman–Crippen MR) is 128 cm³/mol. The highest BCUT2D eigenvalue weighted by Gasteiger charge is 2.36. The van der Waals surface area contributed by atoms with E-state index in [1.54, 1.807) is 39.3 Å². The van der Waals surface area contributed by atoms with E-state index >= 15 is 0 Å². The van der Waals surface area contributed by atoms with E-state index in [-0.39, 0.29) is 38.0 Å². The molecular formula is C26H24N2O6S. The number of benzene rings is 2. The zero-order chi connectivity index (χ0) is 23.8. The second-order valence-electron chi connectivity index (χ2n) is 8.75. The monoisotopic (exact) mass is 492 g/mol. The SMILES string of the molecule is O=C(CN(C(=O)c1ccc2c(c1)OCO2)C1CC1)N(Cc1ccc2c(c1)OCO2)Cc1cccs1. The first kappa shape index (κ1) is 21.8. The van der Waals surface area contributed by atoms with Gasteiger partial charge in [0.25, 0.3) is 5.91 Å². The van der Waals surface area contributed by atoms with Gasteiger partial charge in [0.15, 0.2) is 23.0 Å². The van der Waals surface area contributed by atoms with Gasteiger partial charge in [-0.2, -0.15) is 0 Å². The number of thiophene rings is 1. The molecule has 1 aromatic heterocycles. The van der Waals surface area contributed by atoms with Crippen molar-refractivity contribution in [1.29, 1.82) is 0 Å². The Morgan fingerprint density at radius 3 is 2.29 bits per heavy atom. The van der Waals surface area contributed by atoms with Gasteiger partial charge in [0.2, 0.25) is 19.5 Å². The zero-order valence-electron chi connectivity index (χ0n) is 19.0. The predicted octanol–water partition coefficient (Wildman–Crippen LogP) is 4.04. The third kappa shape index (κ3) is 4.64. The molecule has 9 heteroatoms. The summed E-state index contributed by atoms with van der Waals surface area (Å²) in [4.78, 5) is 31.6. The quantitative estimate of drug-likeness (QED) is 0.472. The lowest BCUT2D eigenvalue weighted by molar-refractivity contribution is -0.133. The normalized spacial score (nSPS) is 15.2. The van der Waals surface area contributed by atoms with Crippen LogP contribution < -0.4 is 18.9 Å². The summed E-state index contributed by atoms with van der Waals surface area (Å²) in [7, 11) is 0. The van der Waals surface area contributed by atoms with E-state index in [1.165, 1.54) is 0 Å². The Bertz CT molecular complexity index is 1260. The van der Waals surface area contributed by atoms with Crippen LogP contribution in [-0.4, -0.2) is 47.8 Å². The molecule has 3 aliphatic rings. The molecule has 2 aromatic carbocycles. The van der Waals surface area contributed by atoms with E-state index in [9.17, 15) is 9.59 Å². The van der Waals surface area contributed by atoms with Crippen molar-refractivity contribution in [3.8, 4) is 23.0 Å². The number of hydrogen-bond donors (Lipinski definition) is 0. The van der Waals surface area contributed by atoms with Gasteiger partial charge in [-0.15, -0.1) is 11.3 Å². The topological polar surface area (TPSA) is 77.5 Å². The van der Waals surface area contributed by atoms with Crippen LogP contribution in [0.2, 0.25) is 0 Å². The molecule has 1 saturated carbocycles. The summed E-state index contributed by atoms with van der Waals surface area (Å²) in [6.45, 7) is 1.25. The molecule has 180 valence electrons. The van der Waals surface area contributed by atoms with Gasteiger partial charge in [-0.05, 0) is 60.2 Å². The van der Waals surface area contributed by atoms with E-state index in [4.69, 9.17) is 18.9 Å². The maximum Gasteiger partial charge on any atom is 0.254 e. The molecule has 2 amide bonds. The molecule has 0 unspecified atom stereocenters. The van der Waals surface area contributed by atoms with Gasteiger partial charge in [-0.3, -0.25) is 9.59 Å². The lowest BCUT2D eigenvalue weighted by Crippen LogP contribution is -2.43. The minimum Gasteiger partial charge on any atom is -0.454 e. The molecule has 1 aliphatic carbocycles. The fourth-order valence-electron chi connectivity index (χ4n) is 4.28. The average Bonchev–Trinajstić information content (AvgIpc) is 3.25. The number of carbonyl (C=O) groups is 2. The minimum atomic E-state index is -0.168. The Balaban J connectivity index is 1.22. The van der Waals surface area contributed by atoms with Crippen LogP contribution in [-0.2, 0) is 17.9 Å². The van der Waals surface area contributed by atoms with Crippen molar-refractivity contribution in [2.24, 2.45) is 0 Å². The van der Waals surface area contributed by atoms with Crippen LogP contribution >= 0.6 is 11.3 Å². The molecule has 6 rings (SSSR count). The summed E-state index contributed by atoms with van der Waals surface area (Å²) in [6.07, 6.45) is 1.80. The van der Waals surface area contributed by atoms with Crippen molar-refractivity contribution < 1.29 is 28.5 Å². The number of carbonyl (C=O) groups excluding carboxylic acids is 2. The molecule has 1 fully saturated rings. The summed E-state index contributed by atoms with van der Waals surface area (Å²) in [5, 5.41) is 2.00. The first-order valence-corrected chi connectivity index (χ1v) is 12.4. The summed E-state index contributed by atoms with van der Waals surface area (Å²) < 4.78 is 21.7. The molecule has 0 spiro atoms. The first-order valence-electron chi connectivity index (χ1n) is 11.5. The van der Waals surface area contributed by atoms with Crippen molar-refractivity contribution in [2.75, 3.05) is 20.1 Å². The van der Waals surface area contributed by atoms with Crippen molar-refractivity contribution in [3.05, 3.63) is 69.9 Å². The fourth-order valence-corrected chi connectivity index (χ4v) is 5.00. The van der Waals surface area contributed by atoms with Gasteiger partial charge in [0, 0.05) is 23.0 Å². The molecule has 0 radical (unpaired) electrons. The van der Waals surface area contributed by atoms with Crippen molar-refractivity contribution in [1.82, 2.24) is 9.80 Å². The Kier molecular flexibility index (Phi) is 5.69. The molecule has 0 N–H and O–H groups in total. The summed E-state index contributed by atoms with van der Waals surface area (Å²) >= 11 is 1.61. The maximum atomic E-state index is 13.6. The Labute approximate surface area is 206 Å². The lowest BCUT2D eigenvalue weighted by atomic mass is 10.1. The Morgan fingerprint density at radius 1 is 0.857 bits per heavy atom. The first-order chi connectivity index (χ1) is 17.1. The molecule has 0 bridgehead atoms. The number of amides is 2. The molecule has 8 nitrogen and oxygen atoms in total. The fraction of sp³-hybridized carbons (Fsp3) is 0.308. The Morgan fingerprint density at radius 2 is 1.57 bits per heavy atom. The number of nitrogens with zero attached hydrogens (tertiary/aromatic N) is 2. The van der Waals surface area contributed by atoms with Crippen LogP contribution in [0.5, 0.6) is 23.0 Å². The van der Waals surface area contributed by atoms with E-state index in [0.29, 0.717) is 41.7 Å². The van der Waals surface area contributed by atoms with Crippen LogP contribution in [0.3, 0.4) is 0 Å². The lowest BCUT2D eigenvalue weighted by Gasteiger charge is -2.28. The van der Waals surface area contributed by atoms with E-state index < -0.39 is 0 Å². The van der Waals surface area contributed by atoms with Gasteiger partial charge in [0.05, 0.1) is 6.54 Å². The van der Waals surface area contributed by atoms with Crippen LogP contribution in [0.25, 0.3) is 0 Å². The van der Waals surface area contributed by atoms with Gasteiger partial charge < -0.3 is 28.7 Å². The summed E-state index contributed by atoms with van der Waals surface area (Å²) in [5.41, 5.74) is 1.44. The highest BCUT2D eigenvalue weighted by molar-refractivity contribution is 7.09. The largest absolute Gasteiger partial charge is 0.454 e. The van der Waals surface area contributed by atoms with Crippen molar-refractivity contribution in [2.45, 2.75) is 32.0 Å². The zero-order valence-corrected chi connectivity index (χ0v) is 19.8. The van der Waals surface area contributed by atoms with Gasteiger partial charge in [-0.1, -0.05) is 12.1 Å². The Hall–Kier alpha value is -3.72. The molecule has 0 atom stereocenters. The van der Waals surface area contributed by atoms with E-state index in [0.717, 1.165) is 23.3 Å². The molecule has 35 heavy (non-hydrogen) atoms. The third-order valence-electron chi connectivity index (χ3n) is 6.26. The minimum absolute atomic E-state index is 0.0217. The molecule has 2 aliphatic heterocycles. The molecule has 3 aromatic rings. The summed E-state index contributed by atoms with van der Waals surface area (Å²) in [5.74, 6) is 2.31. The maximum absolute atomic E-state index is 13.6. The second kappa shape index (κ2) is 9.14. The standard InChI is InChI=1S/C26H24N2O6S/c29-25(14-28(19-5-6-19)26(30)18-4-8-22-24(11-18)34-16-32-22)27(13-20-2-1-9-35-20)12-17-3-7-21-23(10-17)33-15-31-21/h1-4,7-11,19H,5-6,12-16H2. The highest BCUT2D eigenvalue weighted by atomic mass is 32.1. The second-order valence-corrected chi connectivity index (χ2v) is 9.78. The van der Waals surface area contributed by atoms with Crippen LogP contribution in [0, 0.1) is 0 Å². The van der Waals surface area contributed by atoms with Crippen LogP contribution in [0.1, 0.15) is 33.6 Å². The van der Waals surface area contributed by atoms with Crippen molar-refractivity contribution >= 4 is 23.2 Å². The number of rotatable bonds is 8. The molecule has 3 heterocycles. The molecular weight excluding hydrogens is 468 g/mol. The number of ether oxygens (including phenoxy) is 4. The van der Waals surface area contributed by atoms with Gasteiger partial charge in [-0.25, -0.2) is 0 Å². The third-order valence-corrected chi connectivity index (χ3v) is 7.12. The smallest absolute Gasteiger partial charge is 0.254 e. The van der Waals surface area contributed by atoms with Gasteiger partial charge in [0.1, 0.15) is 6.54 Å². The van der Waals surface area contributed by atoms with E-state index in [1.807, 2.05) is 35.7 Å². The number of fused-ring (bicyclic) bond motifs is 2. The summed E-state index contributed by atoms with van der Waals surface area (Å²) in [6, 6.07) is 14.9. The van der Waals surface area contributed by atoms with Crippen LogP contribution in [0.15, 0.2) is 53.9 Å². The highest BCUT2D eigenvalue weighted by Crippen LogP contribution is 2.35. The van der Waals surface area contributed by atoms with Crippen LogP contribution in [0.4, 0.5) is 0 Å². The average molecular weight is 493 g/mol. The molecule has 0 saturated heterocycles. The van der Waals surface area contributed by atoms with Gasteiger partial charge >= 0.3 is 0 Å². The number of hydrogen-bond acceptors (Lipinski definition) is 7. The van der Waals surface area contributed by atoms with E-state index in [2.05, 4.69) is 0 Å². The van der Waals surface area contributed by atoms with Crippen molar-refractivity contribution in [3.63, 3.8) is 0 Å².